The van der Waals surface area contributed by atoms with Crippen LogP contribution >= 0.6 is 0 Å². The summed E-state index contributed by atoms with van der Waals surface area (Å²) in [5.74, 6) is 3.52. The summed E-state index contributed by atoms with van der Waals surface area (Å²) in [6.45, 7) is 2.29. The number of carbonyl (C=O) groups is 1. The third-order valence-electron chi connectivity index (χ3n) is 7.75. The first-order valence-corrected chi connectivity index (χ1v) is 12.5. The second kappa shape index (κ2) is 10.8. The molecule has 2 aromatic carbocycles. The van der Waals surface area contributed by atoms with Crippen molar-refractivity contribution in [1.82, 2.24) is 0 Å². The molecule has 0 heterocycles. The Kier molecular flexibility index (Phi) is 7.63. The molecule has 0 aromatic heterocycles. The summed E-state index contributed by atoms with van der Waals surface area (Å²) in [5.41, 5.74) is 2.48. The van der Waals surface area contributed by atoms with Crippen molar-refractivity contribution in [2.45, 2.75) is 77.0 Å². The van der Waals surface area contributed by atoms with E-state index in [-0.39, 0.29) is 5.97 Å². The van der Waals surface area contributed by atoms with E-state index in [0.717, 1.165) is 17.8 Å². The standard InChI is InChI=1S/C29H35NO2/c1-2-3-4-5-21-6-9-27-19-26(15-14-25(27)18-21)23-10-12-24(13-11-23)29(31)32-28-16-7-22(20-30)8-17-28/h7-8,10-13,16-17,21,25-27H,2-6,9,14-15,18-19H2,1H3/t21-,25-,26?,27+/m0/s1. The number of rotatable bonds is 7. The quantitative estimate of drug-likeness (QED) is 0.258. The number of hydrogen-bond acceptors (Lipinski definition) is 3. The first kappa shape index (κ1) is 22.6. The maximum atomic E-state index is 12.5. The Hall–Kier alpha value is -2.60. The lowest BCUT2D eigenvalue weighted by Crippen LogP contribution is -2.30. The smallest absolute Gasteiger partial charge is 0.343 e. The molecule has 2 aromatic rings. The Bertz CT molecular complexity index is 925. The van der Waals surface area contributed by atoms with E-state index in [2.05, 4.69) is 25.1 Å². The highest BCUT2D eigenvalue weighted by Crippen LogP contribution is 2.48. The fourth-order valence-electron chi connectivity index (χ4n) is 5.89. The SMILES string of the molecule is CCCCC[C@H]1CC[C@@H]2CC(c3ccc(C(=O)Oc4ccc(C#N)cc4)cc3)CC[C@H]2C1. The average Bonchev–Trinajstić information content (AvgIpc) is 2.84. The number of carbonyl (C=O) groups excluding carboxylic acids is 1. The molecule has 0 spiro atoms. The fraction of sp³-hybridized carbons (Fsp3) is 0.517. The summed E-state index contributed by atoms with van der Waals surface area (Å²) in [7, 11) is 0. The van der Waals surface area contributed by atoms with E-state index in [1.54, 1.807) is 24.3 Å². The summed E-state index contributed by atoms with van der Waals surface area (Å²) in [5, 5.41) is 8.88. The summed E-state index contributed by atoms with van der Waals surface area (Å²) in [6, 6.07) is 16.7. The van der Waals surface area contributed by atoms with E-state index in [1.807, 2.05) is 12.1 Å². The molecule has 32 heavy (non-hydrogen) atoms. The van der Waals surface area contributed by atoms with Crippen molar-refractivity contribution in [3.8, 4) is 11.8 Å². The van der Waals surface area contributed by atoms with Gasteiger partial charge in [-0.05, 0) is 97.7 Å². The number of fused-ring (bicyclic) bond motifs is 1. The van der Waals surface area contributed by atoms with Crippen LogP contribution in [0.25, 0.3) is 0 Å². The number of esters is 1. The molecule has 0 bridgehead atoms. The van der Waals surface area contributed by atoms with Crippen LogP contribution in [0, 0.1) is 29.1 Å². The normalized spacial score (nSPS) is 24.9. The maximum absolute atomic E-state index is 12.5. The molecule has 0 saturated heterocycles. The average molecular weight is 430 g/mol. The predicted octanol–water partition coefficient (Wildman–Crippen LogP) is 7.66. The van der Waals surface area contributed by atoms with E-state index in [4.69, 9.17) is 10.00 Å². The van der Waals surface area contributed by atoms with Crippen LogP contribution in [0.3, 0.4) is 0 Å². The fourth-order valence-corrected chi connectivity index (χ4v) is 5.89. The monoisotopic (exact) mass is 429 g/mol. The Morgan fingerprint density at radius 1 is 0.938 bits per heavy atom. The highest BCUT2D eigenvalue weighted by molar-refractivity contribution is 5.91. The van der Waals surface area contributed by atoms with Crippen LogP contribution in [0.4, 0.5) is 0 Å². The lowest BCUT2D eigenvalue weighted by molar-refractivity contribution is 0.0734. The highest BCUT2D eigenvalue weighted by atomic mass is 16.5. The number of benzene rings is 2. The highest BCUT2D eigenvalue weighted by Gasteiger charge is 2.35. The molecule has 3 nitrogen and oxygen atoms in total. The van der Waals surface area contributed by atoms with E-state index >= 15 is 0 Å². The number of ether oxygens (including phenoxy) is 1. The largest absolute Gasteiger partial charge is 0.423 e. The van der Waals surface area contributed by atoms with Gasteiger partial charge in [0.05, 0.1) is 17.2 Å². The molecule has 3 heteroatoms. The van der Waals surface area contributed by atoms with E-state index in [0.29, 0.717) is 22.8 Å². The molecule has 2 aliphatic rings. The minimum atomic E-state index is -0.355. The maximum Gasteiger partial charge on any atom is 0.343 e. The van der Waals surface area contributed by atoms with Crippen LogP contribution in [-0.2, 0) is 0 Å². The molecule has 0 radical (unpaired) electrons. The summed E-state index contributed by atoms with van der Waals surface area (Å²) >= 11 is 0. The topological polar surface area (TPSA) is 50.1 Å². The molecule has 0 N–H and O–H groups in total. The van der Waals surface area contributed by atoms with Crippen molar-refractivity contribution >= 4 is 5.97 Å². The second-order valence-corrected chi connectivity index (χ2v) is 9.85. The van der Waals surface area contributed by atoms with Gasteiger partial charge in [0.15, 0.2) is 0 Å². The summed E-state index contributed by atoms with van der Waals surface area (Å²) in [6.07, 6.45) is 13.8. The van der Waals surface area contributed by atoms with E-state index in [1.165, 1.54) is 69.8 Å². The van der Waals surface area contributed by atoms with Gasteiger partial charge in [0.1, 0.15) is 5.75 Å². The number of hydrogen-bond donors (Lipinski definition) is 0. The summed E-state index contributed by atoms with van der Waals surface area (Å²) in [4.78, 5) is 12.5. The van der Waals surface area contributed by atoms with Crippen molar-refractivity contribution in [3.63, 3.8) is 0 Å². The molecule has 4 rings (SSSR count). The number of unbranched alkanes of at least 4 members (excludes halogenated alkanes) is 2. The Morgan fingerprint density at radius 2 is 1.66 bits per heavy atom. The van der Waals surface area contributed by atoms with Crippen LogP contribution in [0.1, 0.15) is 98.5 Å². The van der Waals surface area contributed by atoms with Gasteiger partial charge in [-0.25, -0.2) is 4.79 Å². The van der Waals surface area contributed by atoms with Gasteiger partial charge in [0.2, 0.25) is 0 Å². The Balaban J connectivity index is 1.30. The Morgan fingerprint density at radius 3 is 2.38 bits per heavy atom. The van der Waals surface area contributed by atoms with Crippen LogP contribution < -0.4 is 4.74 Å². The lowest BCUT2D eigenvalue weighted by Gasteiger charge is -2.42. The zero-order chi connectivity index (χ0) is 22.3. The molecular formula is C29H35NO2. The van der Waals surface area contributed by atoms with Crippen LogP contribution in [-0.4, -0.2) is 5.97 Å². The molecule has 0 aliphatic heterocycles. The van der Waals surface area contributed by atoms with Crippen molar-refractivity contribution in [2.75, 3.05) is 0 Å². The van der Waals surface area contributed by atoms with E-state index in [9.17, 15) is 4.79 Å². The zero-order valence-electron chi connectivity index (χ0n) is 19.3. The molecule has 0 amide bonds. The van der Waals surface area contributed by atoms with Crippen LogP contribution in [0.15, 0.2) is 48.5 Å². The third-order valence-corrected chi connectivity index (χ3v) is 7.75. The number of nitriles is 1. The van der Waals surface area contributed by atoms with Gasteiger partial charge in [-0.15, -0.1) is 0 Å². The van der Waals surface area contributed by atoms with Gasteiger partial charge < -0.3 is 4.74 Å². The Labute approximate surface area is 192 Å². The molecule has 2 aliphatic carbocycles. The third kappa shape index (κ3) is 5.60. The van der Waals surface area contributed by atoms with Crippen molar-refractivity contribution in [3.05, 3.63) is 65.2 Å². The first-order chi connectivity index (χ1) is 15.7. The molecule has 4 atom stereocenters. The van der Waals surface area contributed by atoms with Crippen molar-refractivity contribution < 1.29 is 9.53 Å². The van der Waals surface area contributed by atoms with Crippen LogP contribution in [0.2, 0.25) is 0 Å². The molecule has 1 unspecified atom stereocenters. The zero-order valence-corrected chi connectivity index (χ0v) is 19.3. The van der Waals surface area contributed by atoms with Gasteiger partial charge >= 0.3 is 5.97 Å². The van der Waals surface area contributed by atoms with E-state index < -0.39 is 0 Å². The molecular weight excluding hydrogens is 394 g/mol. The van der Waals surface area contributed by atoms with Gasteiger partial charge in [0, 0.05) is 0 Å². The van der Waals surface area contributed by atoms with Gasteiger partial charge in [-0.1, -0.05) is 51.2 Å². The molecule has 168 valence electrons. The minimum Gasteiger partial charge on any atom is -0.423 e. The number of nitrogens with zero attached hydrogens (tertiary/aromatic N) is 1. The molecule has 2 saturated carbocycles. The first-order valence-electron chi connectivity index (χ1n) is 12.5. The minimum absolute atomic E-state index is 0.355. The van der Waals surface area contributed by atoms with Crippen LogP contribution in [0.5, 0.6) is 5.75 Å². The van der Waals surface area contributed by atoms with Gasteiger partial charge in [-0.2, -0.15) is 5.26 Å². The lowest BCUT2D eigenvalue weighted by atomic mass is 9.63. The van der Waals surface area contributed by atoms with Crippen molar-refractivity contribution in [1.29, 1.82) is 5.26 Å². The molecule has 2 fully saturated rings. The van der Waals surface area contributed by atoms with Gasteiger partial charge in [-0.3, -0.25) is 0 Å². The second-order valence-electron chi connectivity index (χ2n) is 9.85. The van der Waals surface area contributed by atoms with Gasteiger partial charge in [0.25, 0.3) is 0 Å². The van der Waals surface area contributed by atoms with Crippen molar-refractivity contribution in [2.24, 2.45) is 17.8 Å². The predicted molar refractivity (Wildman–Crippen MR) is 128 cm³/mol. The summed E-state index contributed by atoms with van der Waals surface area (Å²) < 4.78 is 5.45.